The third kappa shape index (κ3) is 4.45. The van der Waals surface area contributed by atoms with Crippen molar-refractivity contribution in [3.63, 3.8) is 0 Å². The maximum Gasteiger partial charge on any atom is 0.339 e. The second-order valence-electron chi connectivity index (χ2n) is 7.36. The van der Waals surface area contributed by atoms with Gasteiger partial charge in [-0.2, -0.15) is 10.1 Å². The van der Waals surface area contributed by atoms with Crippen LogP contribution in [0.3, 0.4) is 0 Å². The highest BCUT2D eigenvalue weighted by atomic mass is 35.5. The largest absolute Gasteiger partial charge is 0.462 e. The summed E-state index contributed by atoms with van der Waals surface area (Å²) in [7, 11) is 0. The van der Waals surface area contributed by atoms with Crippen molar-refractivity contribution in [1.29, 1.82) is 0 Å². The first-order chi connectivity index (χ1) is 15.8. The molecule has 0 bridgehead atoms. The van der Waals surface area contributed by atoms with Crippen LogP contribution < -0.4 is 5.01 Å². The van der Waals surface area contributed by atoms with Crippen LogP contribution in [-0.4, -0.2) is 24.2 Å². The summed E-state index contributed by atoms with van der Waals surface area (Å²) < 4.78 is 11.0. The average molecular weight is 483 g/mol. The summed E-state index contributed by atoms with van der Waals surface area (Å²) in [5, 5.41) is 6.48. The van der Waals surface area contributed by atoms with Gasteiger partial charge < -0.3 is 9.15 Å². The predicted molar refractivity (Wildman–Crippen MR) is 130 cm³/mol. The summed E-state index contributed by atoms with van der Waals surface area (Å²) in [6, 6.07) is 13.9. The molecular formula is C25H20Cl2N2O4. The fourth-order valence-electron chi connectivity index (χ4n) is 3.46. The van der Waals surface area contributed by atoms with Gasteiger partial charge in [-0.05, 0) is 68.8 Å². The number of nitrogens with zero attached hydrogens (tertiary/aromatic N) is 2. The molecule has 2 aromatic carbocycles. The average Bonchev–Trinajstić information content (AvgIpc) is 3.36. The van der Waals surface area contributed by atoms with Crippen LogP contribution in [-0.2, 0) is 9.53 Å². The second-order valence-corrected chi connectivity index (χ2v) is 8.17. The highest BCUT2D eigenvalue weighted by molar-refractivity contribution is 6.34. The molecule has 0 spiro atoms. The zero-order chi connectivity index (χ0) is 23.7. The first kappa shape index (κ1) is 22.8. The van der Waals surface area contributed by atoms with E-state index in [2.05, 4.69) is 5.10 Å². The zero-order valence-electron chi connectivity index (χ0n) is 18.2. The molecular weight excluding hydrogens is 463 g/mol. The number of hydrazone groups is 1. The molecule has 6 nitrogen and oxygen atoms in total. The van der Waals surface area contributed by atoms with Crippen LogP contribution in [0.4, 0.5) is 5.69 Å². The Labute approximate surface area is 201 Å². The Bertz CT molecular complexity index is 1320. The lowest BCUT2D eigenvalue weighted by molar-refractivity contribution is -0.114. The molecule has 0 saturated carbocycles. The minimum Gasteiger partial charge on any atom is -0.462 e. The number of ether oxygens (including phenoxy) is 1. The molecule has 2 heterocycles. The lowest BCUT2D eigenvalue weighted by atomic mass is 10.1. The first-order valence-electron chi connectivity index (χ1n) is 10.2. The molecule has 0 unspecified atom stereocenters. The molecule has 1 aliphatic rings. The number of rotatable bonds is 5. The topological polar surface area (TPSA) is 72.1 Å². The van der Waals surface area contributed by atoms with Crippen LogP contribution in [0.25, 0.3) is 17.4 Å². The molecule has 1 amide bonds. The van der Waals surface area contributed by atoms with Crippen molar-refractivity contribution in [2.45, 2.75) is 20.8 Å². The summed E-state index contributed by atoms with van der Waals surface area (Å²) >= 11 is 12.4. The third-order valence-electron chi connectivity index (χ3n) is 5.20. The number of hydrogen-bond acceptors (Lipinski definition) is 5. The lowest BCUT2D eigenvalue weighted by Gasteiger charge is -2.13. The van der Waals surface area contributed by atoms with Crippen molar-refractivity contribution in [3.05, 3.63) is 81.0 Å². The van der Waals surface area contributed by atoms with Crippen molar-refractivity contribution in [1.82, 2.24) is 0 Å². The van der Waals surface area contributed by atoms with Gasteiger partial charge in [0.05, 0.1) is 34.2 Å². The summed E-state index contributed by atoms with van der Waals surface area (Å²) in [6.45, 7) is 5.57. The molecule has 0 atom stereocenters. The summed E-state index contributed by atoms with van der Waals surface area (Å²) in [6.07, 6.45) is 1.65. The number of carbonyl (C=O) groups excluding carboxylic acids is 2. The number of esters is 1. The van der Waals surface area contributed by atoms with E-state index in [1.165, 1.54) is 17.1 Å². The standard InChI is InChI=1S/C25H20Cl2N2O4/c1-4-32-25(31)20-12-16(8-10-22(20)27)29-24(30)19(15(3)28-29)13-17-9-11-23(33-17)18-6-5-7-21(26)14(18)2/h5-13H,4H2,1-3H3/b19-13-. The Morgan fingerprint density at radius 3 is 2.67 bits per heavy atom. The minimum absolute atomic E-state index is 0.168. The first-order valence-corrected chi connectivity index (χ1v) is 11.0. The van der Waals surface area contributed by atoms with E-state index in [0.29, 0.717) is 33.5 Å². The Morgan fingerprint density at radius 1 is 1.12 bits per heavy atom. The smallest absolute Gasteiger partial charge is 0.339 e. The van der Waals surface area contributed by atoms with E-state index in [1.54, 1.807) is 32.1 Å². The molecule has 0 saturated heterocycles. The van der Waals surface area contributed by atoms with Gasteiger partial charge in [0.1, 0.15) is 11.5 Å². The maximum absolute atomic E-state index is 13.1. The van der Waals surface area contributed by atoms with E-state index < -0.39 is 5.97 Å². The number of halogens is 2. The van der Waals surface area contributed by atoms with Gasteiger partial charge in [0.15, 0.2) is 0 Å². The molecule has 8 heteroatoms. The molecule has 0 radical (unpaired) electrons. The molecule has 33 heavy (non-hydrogen) atoms. The van der Waals surface area contributed by atoms with Crippen molar-refractivity contribution < 1.29 is 18.7 Å². The summed E-state index contributed by atoms with van der Waals surface area (Å²) in [5.41, 5.74) is 3.26. The minimum atomic E-state index is -0.563. The van der Waals surface area contributed by atoms with Crippen LogP contribution in [0.1, 0.15) is 35.5 Å². The van der Waals surface area contributed by atoms with Crippen LogP contribution >= 0.6 is 23.2 Å². The quantitative estimate of drug-likeness (QED) is 0.305. The van der Waals surface area contributed by atoms with Crippen LogP contribution in [0, 0.1) is 6.92 Å². The van der Waals surface area contributed by atoms with Crippen LogP contribution in [0.15, 0.2) is 63.6 Å². The van der Waals surface area contributed by atoms with Gasteiger partial charge in [0.2, 0.25) is 0 Å². The van der Waals surface area contributed by atoms with E-state index in [1.807, 2.05) is 31.2 Å². The molecule has 1 aliphatic heterocycles. The molecule has 0 aliphatic carbocycles. The monoisotopic (exact) mass is 482 g/mol. The fourth-order valence-corrected chi connectivity index (χ4v) is 3.83. The number of amides is 1. The van der Waals surface area contributed by atoms with E-state index >= 15 is 0 Å². The fraction of sp³-hybridized carbons (Fsp3) is 0.160. The third-order valence-corrected chi connectivity index (χ3v) is 5.94. The summed E-state index contributed by atoms with van der Waals surface area (Å²) in [5.74, 6) is 0.247. The van der Waals surface area contributed by atoms with Gasteiger partial charge >= 0.3 is 5.97 Å². The van der Waals surface area contributed by atoms with E-state index in [-0.39, 0.29) is 23.1 Å². The lowest BCUT2D eigenvalue weighted by Crippen LogP contribution is -2.21. The molecule has 4 rings (SSSR count). The van der Waals surface area contributed by atoms with Gasteiger partial charge in [-0.1, -0.05) is 35.3 Å². The van der Waals surface area contributed by atoms with Crippen molar-refractivity contribution in [2.75, 3.05) is 11.6 Å². The van der Waals surface area contributed by atoms with Crippen molar-refractivity contribution in [2.24, 2.45) is 5.10 Å². The van der Waals surface area contributed by atoms with Crippen molar-refractivity contribution in [3.8, 4) is 11.3 Å². The van der Waals surface area contributed by atoms with Crippen molar-refractivity contribution >= 4 is 52.6 Å². The molecule has 3 aromatic rings. The number of carbonyl (C=O) groups is 2. The van der Waals surface area contributed by atoms with Gasteiger partial charge in [-0.15, -0.1) is 0 Å². The van der Waals surface area contributed by atoms with Gasteiger partial charge in [-0.3, -0.25) is 4.79 Å². The normalized spacial score (nSPS) is 14.7. The highest BCUT2D eigenvalue weighted by Crippen LogP contribution is 2.32. The SMILES string of the molecule is CCOC(=O)c1cc(N2N=C(C)/C(=C/c3ccc(-c4cccc(Cl)c4C)o3)C2=O)ccc1Cl. The Hall–Kier alpha value is -3.35. The van der Waals surface area contributed by atoms with Crippen LogP contribution in [0.5, 0.6) is 0 Å². The summed E-state index contributed by atoms with van der Waals surface area (Å²) in [4.78, 5) is 25.3. The molecule has 0 fully saturated rings. The number of furan rings is 1. The number of anilines is 1. The number of benzene rings is 2. The van der Waals surface area contributed by atoms with E-state index in [9.17, 15) is 9.59 Å². The van der Waals surface area contributed by atoms with Crippen LogP contribution in [0.2, 0.25) is 10.0 Å². The molecule has 0 N–H and O–H groups in total. The van der Waals surface area contributed by atoms with Gasteiger partial charge in [0.25, 0.3) is 5.91 Å². The van der Waals surface area contributed by atoms with E-state index in [4.69, 9.17) is 32.4 Å². The molecule has 1 aromatic heterocycles. The number of hydrogen-bond donors (Lipinski definition) is 0. The Morgan fingerprint density at radius 2 is 1.91 bits per heavy atom. The Balaban J connectivity index is 1.63. The second kappa shape index (κ2) is 9.25. The van der Waals surface area contributed by atoms with E-state index in [0.717, 1.165) is 11.1 Å². The highest BCUT2D eigenvalue weighted by Gasteiger charge is 2.30. The Kier molecular flexibility index (Phi) is 6.40. The molecule has 168 valence electrons. The zero-order valence-corrected chi connectivity index (χ0v) is 19.7. The van der Waals surface area contributed by atoms with Gasteiger partial charge in [-0.25, -0.2) is 4.79 Å². The maximum atomic E-state index is 13.1. The van der Waals surface area contributed by atoms with Gasteiger partial charge in [0, 0.05) is 10.6 Å². The predicted octanol–water partition coefficient (Wildman–Crippen LogP) is 6.54.